The smallest absolute Gasteiger partial charge is 0.164 e. The van der Waals surface area contributed by atoms with Crippen LogP contribution in [-0.4, -0.2) is 40.9 Å². The average Bonchev–Trinajstić information content (AvgIpc) is 2.25. The molecule has 0 saturated carbocycles. The molecule has 3 atom stereocenters. The molecule has 0 aromatic carbocycles. The van der Waals surface area contributed by atoms with Gasteiger partial charge in [0.1, 0.15) is 12.2 Å². The van der Waals surface area contributed by atoms with E-state index in [1.807, 2.05) is 0 Å². The van der Waals surface area contributed by atoms with Crippen LogP contribution in [0.5, 0.6) is 0 Å². The van der Waals surface area contributed by atoms with Gasteiger partial charge in [-0.1, -0.05) is 0 Å². The molecular formula is C8H16O4. The Kier molecular flexibility index (Phi) is 2.73. The Labute approximate surface area is 72.1 Å². The zero-order chi connectivity index (χ0) is 9.35. The van der Waals surface area contributed by atoms with E-state index in [2.05, 4.69) is 0 Å². The average molecular weight is 176 g/mol. The summed E-state index contributed by atoms with van der Waals surface area (Å²) in [5, 5.41) is 18.2. The molecule has 2 N–H and O–H groups in total. The number of aliphatic hydroxyl groups excluding tert-OH is 2. The van der Waals surface area contributed by atoms with Gasteiger partial charge in [-0.05, 0) is 20.8 Å². The van der Waals surface area contributed by atoms with Gasteiger partial charge >= 0.3 is 0 Å². The topological polar surface area (TPSA) is 58.9 Å². The normalized spacial score (nSPS) is 36.8. The summed E-state index contributed by atoms with van der Waals surface area (Å²) in [7, 11) is 0. The van der Waals surface area contributed by atoms with Gasteiger partial charge in [0.25, 0.3) is 0 Å². The Hall–Kier alpha value is -0.160. The molecule has 0 bridgehead atoms. The van der Waals surface area contributed by atoms with Gasteiger partial charge in [0, 0.05) is 0 Å². The van der Waals surface area contributed by atoms with Crippen molar-refractivity contribution >= 4 is 0 Å². The van der Waals surface area contributed by atoms with E-state index in [9.17, 15) is 5.11 Å². The molecule has 0 aliphatic carbocycles. The molecule has 1 aliphatic rings. The third-order valence-corrected chi connectivity index (χ3v) is 1.88. The van der Waals surface area contributed by atoms with Crippen molar-refractivity contribution in [1.29, 1.82) is 0 Å². The van der Waals surface area contributed by atoms with Crippen molar-refractivity contribution in [3.8, 4) is 0 Å². The Morgan fingerprint density at radius 1 is 1.42 bits per heavy atom. The standard InChI is InChI=1S/C8H16O4/c1-5(10)7-6(4-9)11-8(2,3)12-7/h5-7,9-10H,4H2,1-3H3/t5-,6-,7-/m1/s1. The fraction of sp³-hybridized carbons (Fsp3) is 1.00. The Morgan fingerprint density at radius 3 is 2.33 bits per heavy atom. The van der Waals surface area contributed by atoms with Gasteiger partial charge in [-0.3, -0.25) is 0 Å². The second-order valence-corrected chi connectivity index (χ2v) is 3.56. The summed E-state index contributed by atoms with van der Waals surface area (Å²) < 4.78 is 10.7. The molecule has 0 amide bonds. The first-order valence-corrected chi connectivity index (χ1v) is 4.11. The van der Waals surface area contributed by atoms with Crippen LogP contribution in [0.15, 0.2) is 0 Å². The van der Waals surface area contributed by atoms with Crippen molar-refractivity contribution < 1.29 is 19.7 Å². The summed E-state index contributed by atoms with van der Waals surface area (Å²) in [5.41, 5.74) is 0. The van der Waals surface area contributed by atoms with Crippen LogP contribution in [0.25, 0.3) is 0 Å². The minimum absolute atomic E-state index is 0.126. The van der Waals surface area contributed by atoms with Crippen molar-refractivity contribution in [2.45, 2.75) is 44.9 Å². The lowest BCUT2D eigenvalue weighted by Crippen LogP contribution is -2.35. The quantitative estimate of drug-likeness (QED) is 0.616. The number of aliphatic hydroxyl groups is 2. The maximum atomic E-state index is 9.27. The van der Waals surface area contributed by atoms with Crippen molar-refractivity contribution in [2.75, 3.05) is 6.61 Å². The molecule has 4 nitrogen and oxygen atoms in total. The second-order valence-electron chi connectivity index (χ2n) is 3.56. The number of ether oxygens (including phenoxy) is 2. The van der Waals surface area contributed by atoms with Crippen LogP contribution in [-0.2, 0) is 9.47 Å². The Balaban J connectivity index is 2.63. The van der Waals surface area contributed by atoms with Crippen molar-refractivity contribution in [1.82, 2.24) is 0 Å². The fourth-order valence-corrected chi connectivity index (χ4v) is 1.41. The summed E-state index contributed by atoms with van der Waals surface area (Å²) >= 11 is 0. The van der Waals surface area contributed by atoms with E-state index in [1.165, 1.54) is 0 Å². The van der Waals surface area contributed by atoms with Gasteiger partial charge in [0.2, 0.25) is 0 Å². The maximum absolute atomic E-state index is 9.27. The van der Waals surface area contributed by atoms with E-state index in [0.717, 1.165) is 0 Å². The molecule has 1 aliphatic heterocycles. The van der Waals surface area contributed by atoms with Gasteiger partial charge < -0.3 is 19.7 Å². The minimum atomic E-state index is -0.699. The monoisotopic (exact) mass is 176 g/mol. The SMILES string of the molecule is C[C@@H](O)[C@H]1OC(C)(C)O[C@@H]1CO. The summed E-state index contributed by atoms with van der Waals surface area (Å²) in [6, 6.07) is 0. The van der Waals surface area contributed by atoms with Gasteiger partial charge in [-0.15, -0.1) is 0 Å². The van der Waals surface area contributed by atoms with Gasteiger partial charge in [0.05, 0.1) is 12.7 Å². The van der Waals surface area contributed by atoms with Crippen LogP contribution >= 0.6 is 0 Å². The molecule has 12 heavy (non-hydrogen) atoms. The summed E-state index contributed by atoms with van der Waals surface area (Å²) in [6.07, 6.45) is -1.46. The Morgan fingerprint density at radius 2 is 2.00 bits per heavy atom. The zero-order valence-electron chi connectivity index (χ0n) is 7.65. The molecule has 72 valence electrons. The number of hydrogen-bond donors (Lipinski definition) is 2. The molecule has 1 fully saturated rings. The van der Waals surface area contributed by atoms with Crippen LogP contribution in [0, 0.1) is 0 Å². The second kappa shape index (κ2) is 3.30. The molecular weight excluding hydrogens is 160 g/mol. The first-order chi connectivity index (χ1) is 5.46. The molecule has 0 spiro atoms. The van der Waals surface area contributed by atoms with Crippen molar-refractivity contribution in [3.05, 3.63) is 0 Å². The highest BCUT2D eigenvalue weighted by molar-refractivity contribution is 4.84. The Bertz CT molecular complexity index is 155. The number of rotatable bonds is 2. The van der Waals surface area contributed by atoms with E-state index in [0.29, 0.717) is 0 Å². The molecule has 0 aromatic rings. The van der Waals surface area contributed by atoms with Crippen LogP contribution in [0.1, 0.15) is 20.8 Å². The first-order valence-electron chi connectivity index (χ1n) is 4.11. The molecule has 1 heterocycles. The van der Waals surface area contributed by atoms with Gasteiger partial charge in [-0.2, -0.15) is 0 Å². The highest BCUT2D eigenvalue weighted by atomic mass is 16.8. The first kappa shape index (κ1) is 9.92. The van der Waals surface area contributed by atoms with E-state index >= 15 is 0 Å². The van der Waals surface area contributed by atoms with Crippen LogP contribution < -0.4 is 0 Å². The van der Waals surface area contributed by atoms with E-state index in [4.69, 9.17) is 14.6 Å². The highest BCUT2D eigenvalue weighted by Gasteiger charge is 2.42. The van der Waals surface area contributed by atoms with E-state index in [-0.39, 0.29) is 6.61 Å². The largest absolute Gasteiger partial charge is 0.394 e. The third-order valence-electron chi connectivity index (χ3n) is 1.88. The van der Waals surface area contributed by atoms with E-state index < -0.39 is 24.1 Å². The minimum Gasteiger partial charge on any atom is -0.394 e. The predicted molar refractivity (Wildman–Crippen MR) is 42.6 cm³/mol. The molecule has 0 unspecified atom stereocenters. The predicted octanol–water partition coefficient (Wildman–Crippen LogP) is -0.120. The lowest BCUT2D eigenvalue weighted by atomic mass is 10.1. The molecule has 0 aromatic heterocycles. The van der Waals surface area contributed by atoms with Crippen LogP contribution in [0.2, 0.25) is 0 Å². The third kappa shape index (κ3) is 1.95. The van der Waals surface area contributed by atoms with Crippen molar-refractivity contribution in [2.24, 2.45) is 0 Å². The lowest BCUT2D eigenvalue weighted by Gasteiger charge is -2.18. The molecule has 4 heteroatoms. The summed E-state index contributed by atoms with van der Waals surface area (Å²) in [5.74, 6) is -0.699. The van der Waals surface area contributed by atoms with Crippen LogP contribution in [0.3, 0.4) is 0 Å². The number of hydrogen-bond acceptors (Lipinski definition) is 4. The van der Waals surface area contributed by atoms with E-state index in [1.54, 1.807) is 20.8 Å². The van der Waals surface area contributed by atoms with Crippen LogP contribution in [0.4, 0.5) is 0 Å². The summed E-state index contributed by atoms with van der Waals surface area (Å²) in [4.78, 5) is 0. The fourth-order valence-electron chi connectivity index (χ4n) is 1.41. The van der Waals surface area contributed by atoms with Crippen molar-refractivity contribution in [3.63, 3.8) is 0 Å². The molecule has 1 saturated heterocycles. The van der Waals surface area contributed by atoms with Gasteiger partial charge in [0.15, 0.2) is 5.79 Å². The zero-order valence-corrected chi connectivity index (χ0v) is 7.65. The summed E-state index contributed by atoms with van der Waals surface area (Å²) in [6.45, 7) is 5.02. The molecule has 0 radical (unpaired) electrons. The maximum Gasteiger partial charge on any atom is 0.164 e. The highest BCUT2D eigenvalue weighted by Crippen LogP contribution is 2.29. The van der Waals surface area contributed by atoms with Gasteiger partial charge in [-0.25, -0.2) is 0 Å². The molecule has 1 rings (SSSR count). The lowest BCUT2D eigenvalue weighted by molar-refractivity contribution is -0.155.